The Balaban J connectivity index is 1.88. The second-order valence-electron chi connectivity index (χ2n) is 6.00. The highest BCUT2D eigenvalue weighted by atomic mass is 16.2. The lowest BCUT2D eigenvalue weighted by Crippen LogP contribution is -2.55. The third-order valence-electron chi connectivity index (χ3n) is 4.52. The highest BCUT2D eigenvalue weighted by Crippen LogP contribution is 2.25. The van der Waals surface area contributed by atoms with E-state index in [1.807, 2.05) is 18.7 Å². The molecule has 5 heteroatoms. The molecule has 1 heterocycles. The van der Waals surface area contributed by atoms with Gasteiger partial charge in [-0.15, -0.1) is 0 Å². The van der Waals surface area contributed by atoms with Gasteiger partial charge in [0.15, 0.2) is 0 Å². The zero-order chi connectivity index (χ0) is 14.8. The highest BCUT2D eigenvalue weighted by Gasteiger charge is 2.34. The Bertz CT molecular complexity index is 486. The molecule has 1 saturated carbocycles. The van der Waals surface area contributed by atoms with Crippen molar-refractivity contribution in [2.24, 2.45) is 12.8 Å². The first kappa shape index (κ1) is 15.0. The van der Waals surface area contributed by atoms with Gasteiger partial charge in [-0.05, 0) is 38.7 Å². The van der Waals surface area contributed by atoms with Crippen molar-refractivity contribution in [1.29, 1.82) is 0 Å². The molecule has 3 N–H and O–H groups in total. The van der Waals surface area contributed by atoms with Crippen LogP contribution in [0, 0.1) is 13.8 Å². The van der Waals surface area contributed by atoms with Crippen molar-refractivity contribution in [1.82, 2.24) is 15.1 Å². The molecule has 5 nitrogen and oxygen atoms in total. The van der Waals surface area contributed by atoms with E-state index in [4.69, 9.17) is 5.73 Å². The van der Waals surface area contributed by atoms with Gasteiger partial charge in [-0.3, -0.25) is 9.48 Å². The van der Waals surface area contributed by atoms with Crippen LogP contribution in [0.5, 0.6) is 0 Å². The molecular formula is C15H26N4O. The van der Waals surface area contributed by atoms with Crippen LogP contribution in [0.15, 0.2) is 0 Å². The molecule has 1 aromatic rings. The van der Waals surface area contributed by atoms with E-state index >= 15 is 0 Å². The van der Waals surface area contributed by atoms with E-state index in [9.17, 15) is 4.79 Å². The fourth-order valence-electron chi connectivity index (χ4n) is 3.07. The summed E-state index contributed by atoms with van der Waals surface area (Å²) in [5.41, 5.74) is 9.01. The molecule has 0 atom stereocenters. The maximum absolute atomic E-state index is 12.2. The molecule has 1 aliphatic carbocycles. The first-order chi connectivity index (χ1) is 9.44. The number of nitrogens with one attached hydrogen (secondary N) is 1. The van der Waals surface area contributed by atoms with E-state index in [0.29, 0.717) is 6.54 Å². The number of aryl methyl sites for hydroxylation is 2. The molecule has 1 aromatic heterocycles. The van der Waals surface area contributed by atoms with Gasteiger partial charge >= 0.3 is 0 Å². The SMILES string of the molecule is Cc1nn(C)c(C)c1CCNC(=O)C1(N)CCCCC1. The summed E-state index contributed by atoms with van der Waals surface area (Å²) < 4.78 is 1.89. The summed E-state index contributed by atoms with van der Waals surface area (Å²) in [5, 5.41) is 7.40. The topological polar surface area (TPSA) is 72.9 Å². The van der Waals surface area contributed by atoms with Crippen LogP contribution in [0.3, 0.4) is 0 Å². The Labute approximate surface area is 120 Å². The predicted molar refractivity (Wildman–Crippen MR) is 79.4 cm³/mol. The second kappa shape index (κ2) is 5.95. The second-order valence-corrected chi connectivity index (χ2v) is 6.00. The number of amides is 1. The molecule has 1 amide bonds. The molecule has 0 spiro atoms. The van der Waals surface area contributed by atoms with Crippen molar-refractivity contribution in [2.45, 2.75) is 57.9 Å². The van der Waals surface area contributed by atoms with Crippen molar-refractivity contribution in [3.63, 3.8) is 0 Å². The number of aromatic nitrogens is 2. The molecule has 20 heavy (non-hydrogen) atoms. The standard InChI is InChI=1S/C15H26N4O/c1-11-13(12(2)19(3)18-11)7-10-17-14(20)15(16)8-5-4-6-9-15/h4-10,16H2,1-3H3,(H,17,20). The predicted octanol–water partition coefficient (Wildman–Crippen LogP) is 1.36. The lowest BCUT2D eigenvalue weighted by molar-refractivity contribution is -0.127. The van der Waals surface area contributed by atoms with Crippen LogP contribution in [-0.4, -0.2) is 27.8 Å². The molecule has 0 bridgehead atoms. The summed E-state index contributed by atoms with van der Waals surface area (Å²) in [4.78, 5) is 12.2. The summed E-state index contributed by atoms with van der Waals surface area (Å²) in [6.07, 6.45) is 5.75. The van der Waals surface area contributed by atoms with Gasteiger partial charge in [0, 0.05) is 19.3 Å². The molecule has 0 aromatic carbocycles. The average molecular weight is 278 g/mol. The van der Waals surface area contributed by atoms with E-state index in [-0.39, 0.29) is 5.91 Å². The Morgan fingerprint density at radius 2 is 2.00 bits per heavy atom. The zero-order valence-corrected chi connectivity index (χ0v) is 12.8. The van der Waals surface area contributed by atoms with Crippen molar-refractivity contribution in [3.05, 3.63) is 17.0 Å². The zero-order valence-electron chi connectivity index (χ0n) is 12.8. The molecule has 1 fully saturated rings. The average Bonchev–Trinajstić information content (AvgIpc) is 2.65. The largest absolute Gasteiger partial charge is 0.354 e. The van der Waals surface area contributed by atoms with Crippen molar-refractivity contribution >= 4 is 5.91 Å². The van der Waals surface area contributed by atoms with Crippen LogP contribution >= 0.6 is 0 Å². The van der Waals surface area contributed by atoms with Gasteiger partial charge < -0.3 is 11.1 Å². The number of rotatable bonds is 4. The van der Waals surface area contributed by atoms with Crippen LogP contribution in [0.2, 0.25) is 0 Å². The van der Waals surface area contributed by atoms with Crippen LogP contribution in [0.4, 0.5) is 0 Å². The molecule has 0 saturated heterocycles. The summed E-state index contributed by atoms with van der Waals surface area (Å²) in [6, 6.07) is 0. The van der Waals surface area contributed by atoms with Crippen molar-refractivity contribution in [2.75, 3.05) is 6.54 Å². The highest BCUT2D eigenvalue weighted by molar-refractivity contribution is 5.86. The third kappa shape index (κ3) is 3.03. The maximum Gasteiger partial charge on any atom is 0.240 e. The van der Waals surface area contributed by atoms with Crippen LogP contribution in [-0.2, 0) is 18.3 Å². The molecule has 0 unspecified atom stereocenters. The first-order valence-corrected chi connectivity index (χ1v) is 7.50. The number of carbonyl (C=O) groups is 1. The van der Waals surface area contributed by atoms with Crippen molar-refractivity contribution in [3.8, 4) is 0 Å². The van der Waals surface area contributed by atoms with Crippen molar-refractivity contribution < 1.29 is 4.79 Å². The lowest BCUT2D eigenvalue weighted by atomic mass is 9.82. The quantitative estimate of drug-likeness (QED) is 0.873. The minimum atomic E-state index is -0.642. The number of hydrogen-bond donors (Lipinski definition) is 2. The normalized spacial score (nSPS) is 18.0. The van der Waals surface area contributed by atoms with Crippen LogP contribution < -0.4 is 11.1 Å². The molecule has 0 aliphatic heterocycles. The summed E-state index contributed by atoms with van der Waals surface area (Å²) in [6.45, 7) is 4.70. The van der Waals surface area contributed by atoms with Gasteiger partial charge in [-0.25, -0.2) is 0 Å². The molecule has 112 valence electrons. The third-order valence-corrected chi connectivity index (χ3v) is 4.52. The lowest BCUT2D eigenvalue weighted by Gasteiger charge is -2.31. The van der Waals surface area contributed by atoms with E-state index in [1.165, 1.54) is 12.0 Å². The van der Waals surface area contributed by atoms with Gasteiger partial charge in [-0.1, -0.05) is 19.3 Å². The summed E-state index contributed by atoms with van der Waals surface area (Å²) in [5.74, 6) is 0.0106. The Morgan fingerprint density at radius 3 is 2.55 bits per heavy atom. The van der Waals surface area contributed by atoms with Gasteiger partial charge in [-0.2, -0.15) is 5.10 Å². The van der Waals surface area contributed by atoms with Gasteiger partial charge in [0.2, 0.25) is 5.91 Å². The number of hydrogen-bond acceptors (Lipinski definition) is 3. The molecule has 1 aliphatic rings. The van der Waals surface area contributed by atoms with E-state index in [2.05, 4.69) is 17.3 Å². The summed E-state index contributed by atoms with van der Waals surface area (Å²) >= 11 is 0. The van der Waals surface area contributed by atoms with E-state index in [1.54, 1.807) is 0 Å². The van der Waals surface area contributed by atoms with E-state index in [0.717, 1.165) is 43.5 Å². The molecule has 0 radical (unpaired) electrons. The number of nitrogens with zero attached hydrogens (tertiary/aromatic N) is 2. The van der Waals surface area contributed by atoms with Gasteiger partial charge in [0.05, 0.1) is 11.2 Å². The minimum absolute atomic E-state index is 0.0106. The monoisotopic (exact) mass is 278 g/mol. The molecular weight excluding hydrogens is 252 g/mol. The smallest absolute Gasteiger partial charge is 0.240 e. The number of nitrogens with two attached hydrogens (primary N) is 1. The van der Waals surface area contributed by atoms with E-state index < -0.39 is 5.54 Å². The fraction of sp³-hybridized carbons (Fsp3) is 0.733. The number of carbonyl (C=O) groups excluding carboxylic acids is 1. The van der Waals surface area contributed by atoms with Gasteiger partial charge in [0.25, 0.3) is 0 Å². The summed E-state index contributed by atoms with van der Waals surface area (Å²) in [7, 11) is 1.95. The van der Waals surface area contributed by atoms with Crippen LogP contribution in [0.1, 0.15) is 49.1 Å². The Kier molecular flexibility index (Phi) is 4.48. The maximum atomic E-state index is 12.2. The molecule has 2 rings (SSSR count). The Morgan fingerprint density at radius 1 is 1.35 bits per heavy atom. The first-order valence-electron chi connectivity index (χ1n) is 7.50. The van der Waals surface area contributed by atoms with Crippen LogP contribution in [0.25, 0.3) is 0 Å². The fourth-order valence-corrected chi connectivity index (χ4v) is 3.07. The van der Waals surface area contributed by atoms with Gasteiger partial charge in [0.1, 0.15) is 0 Å². The minimum Gasteiger partial charge on any atom is -0.354 e. The Hall–Kier alpha value is -1.36.